The number of fused-ring (bicyclic) bond motifs is 1. The highest BCUT2D eigenvalue weighted by atomic mass is 16.5. The number of nitrogens with one attached hydrogen (secondary N) is 2. The fourth-order valence-electron chi connectivity index (χ4n) is 5.50. The zero-order valence-electron chi connectivity index (χ0n) is 22.5. The first-order chi connectivity index (χ1) is 17.1. The number of hydrogen-bond donors (Lipinski definition) is 2. The molecule has 1 aliphatic rings. The Morgan fingerprint density at radius 3 is 2.53 bits per heavy atom. The second kappa shape index (κ2) is 10.6. The second-order valence-corrected chi connectivity index (χ2v) is 10.9. The number of H-pyrrole nitrogens is 1. The summed E-state index contributed by atoms with van der Waals surface area (Å²) in [6.07, 6.45) is 2.26. The Morgan fingerprint density at radius 1 is 1.17 bits per heavy atom. The van der Waals surface area contributed by atoms with Crippen molar-refractivity contribution >= 4 is 16.8 Å². The Morgan fingerprint density at radius 2 is 1.86 bits per heavy atom. The van der Waals surface area contributed by atoms with Crippen molar-refractivity contribution in [2.75, 3.05) is 26.7 Å². The predicted molar refractivity (Wildman–Crippen MR) is 145 cm³/mol. The van der Waals surface area contributed by atoms with Crippen molar-refractivity contribution in [2.45, 2.75) is 66.2 Å². The molecule has 0 radical (unpaired) electrons. The van der Waals surface area contributed by atoms with Crippen LogP contribution in [0.5, 0.6) is 0 Å². The van der Waals surface area contributed by atoms with E-state index in [1.54, 1.807) is 7.11 Å². The quantitative estimate of drug-likeness (QED) is 0.491. The Labute approximate surface area is 213 Å². The lowest BCUT2D eigenvalue weighted by Crippen LogP contribution is -2.44. The summed E-state index contributed by atoms with van der Waals surface area (Å²) in [5.74, 6) is 0.421. The summed E-state index contributed by atoms with van der Waals surface area (Å²) in [6.45, 7) is 14.2. The largest absolute Gasteiger partial charge is 0.377 e. The van der Waals surface area contributed by atoms with Crippen LogP contribution >= 0.6 is 0 Å². The summed E-state index contributed by atoms with van der Waals surface area (Å²) in [5.41, 5.74) is 4.79. The molecule has 3 heterocycles. The number of ether oxygens (including phenoxy) is 1. The number of amides is 1. The normalized spacial score (nSPS) is 15.5. The van der Waals surface area contributed by atoms with Gasteiger partial charge in [0.05, 0.1) is 11.2 Å². The van der Waals surface area contributed by atoms with E-state index in [1.165, 1.54) is 0 Å². The zero-order chi connectivity index (χ0) is 26.0. The van der Waals surface area contributed by atoms with Gasteiger partial charge in [-0.3, -0.25) is 9.59 Å². The third-order valence-corrected chi connectivity index (χ3v) is 7.68. The molecule has 1 aliphatic heterocycles. The minimum atomic E-state index is -0.146. The summed E-state index contributed by atoms with van der Waals surface area (Å²) in [4.78, 5) is 31.1. The number of pyridine rings is 1. The van der Waals surface area contributed by atoms with Crippen LogP contribution in [-0.2, 0) is 17.8 Å². The third kappa shape index (κ3) is 5.57. The molecule has 0 unspecified atom stereocenters. The molecule has 3 aromatic rings. The van der Waals surface area contributed by atoms with Gasteiger partial charge in [0.2, 0.25) is 0 Å². The predicted octanol–water partition coefficient (Wildman–Crippen LogP) is 4.32. The van der Waals surface area contributed by atoms with E-state index in [9.17, 15) is 9.59 Å². The van der Waals surface area contributed by atoms with E-state index in [4.69, 9.17) is 4.74 Å². The maximum absolute atomic E-state index is 13.4. The van der Waals surface area contributed by atoms with E-state index < -0.39 is 0 Å². The van der Waals surface area contributed by atoms with Gasteiger partial charge in [-0.25, -0.2) is 0 Å². The number of hydrogen-bond acceptors (Lipinski definition) is 4. The molecule has 7 heteroatoms. The van der Waals surface area contributed by atoms with Crippen LogP contribution in [0.1, 0.15) is 59.6 Å². The van der Waals surface area contributed by atoms with Gasteiger partial charge in [0.15, 0.2) is 0 Å². The van der Waals surface area contributed by atoms with Crippen molar-refractivity contribution in [3.63, 3.8) is 0 Å². The number of piperidine rings is 1. The number of likely N-dealkylation sites (tertiary alicyclic amines) is 1. The Balaban J connectivity index is 1.51. The van der Waals surface area contributed by atoms with E-state index in [-0.39, 0.29) is 23.6 Å². The number of aromatic nitrogens is 2. The number of para-hydroxylation sites is 1. The fourth-order valence-corrected chi connectivity index (χ4v) is 5.50. The average Bonchev–Trinajstić information content (AvgIpc) is 3.10. The van der Waals surface area contributed by atoms with Gasteiger partial charge in [0.25, 0.3) is 11.5 Å². The number of nitrogens with zero attached hydrogens (tertiary/aromatic N) is 2. The van der Waals surface area contributed by atoms with Crippen LogP contribution in [-0.4, -0.2) is 52.7 Å². The van der Waals surface area contributed by atoms with Gasteiger partial charge in [-0.2, -0.15) is 0 Å². The Bertz CT molecular complexity index is 1300. The molecular formula is C29H40N4O3. The SMILES string of the molecule is COC(C)(C)CN1CCC(Cn2c(C)c(C(=O)NCc3c(C)cc(C)[nH]c3=O)c3ccccc32)CC1. The number of carbonyl (C=O) groups excluding carboxylic acids is 1. The summed E-state index contributed by atoms with van der Waals surface area (Å²) >= 11 is 0. The van der Waals surface area contributed by atoms with E-state index >= 15 is 0 Å². The van der Waals surface area contributed by atoms with Crippen LogP contribution in [0.25, 0.3) is 10.9 Å². The van der Waals surface area contributed by atoms with Gasteiger partial charge >= 0.3 is 0 Å². The van der Waals surface area contributed by atoms with Gasteiger partial charge in [-0.05, 0) is 84.2 Å². The molecule has 4 rings (SSSR count). The van der Waals surface area contributed by atoms with Crippen molar-refractivity contribution in [1.82, 2.24) is 19.8 Å². The lowest BCUT2D eigenvalue weighted by molar-refractivity contribution is -0.0151. The van der Waals surface area contributed by atoms with Crippen LogP contribution in [0, 0.1) is 26.7 Å². The number of aromatic amines is 1. The Kier molecular flexibility index (Phi) is 7.71. The topological polar surface area (TPSA) is 79.4 Å². The van der Waals surface area contributed by atoms with Gasteiger partial charge < -0.3 is 24.5 Å². The second-order valence-electron chi connectivity index (χ2n) is 10.9. The van der Waals surface area contributed by atoms with Crippen LogP contribution in [0.2, 0.25) is 0 Å². The summed E-state index contributed by atoms with van der Waals surface area (Å²) < 4.78 is 7.93. The molecule has 1 amide bonds. The smallest absolute Gasteiger partial charge is 0.254 e. The van der Waals surface area contributed by atoms with Crippen LogP contribution in [0.15, 0.2) is 35.1 Å². The molecule has 0 saturated carbocycles. The minimum Gasteiger partial charge on any atom is -0.377 e. The molecule has 7 nitrogen and oxygen atoms in total. The first-order valence-corrected chi connectivity index (χ1v) is 12.9. The standard InChI is InChI=1S/C29H40N4O3/c1-19-15-20(2)31-27(34)24(19)16-30-28(35)26-21(3)33(25-10-8-7-9-23(25)26)17-22-11-13-32(14-12-22)18-29(4,5)36-6/h7-10,15,22H,11-14,16-18H2,1-6H3,(H,30,35)(H,31,34). The van der Waals surface area contributed by atoms with Crippen molar-refractivity contribution in [3.05, 3.63) is 68.8 Å². The lowest BCUT2D eigenvalue weighted by Gasteiger charge is -2.37. The van der Waals surface area contributed by atoms with E-state index in [2.05, 4.69) is 39.7 Å². The van der Waals surface area contributed by atoms with Crippen LogP contribution in [0.4, 0.5) is 0 Å². The first-order valence-electron chi connectivity index (χ1n) is 12.9. The molecule has 1 saturated heterocycles. The molecular weight excluding hydrogens is 452 g/mol. The minimum absolute atomic E-state index is 0.135. The monoisotopic (exact) mass is 492 g/mol. The summed E-state index contributed by atoms with van der Waals surface area (Å²) in [6, 6.07) is 10.1. The van der Waals surface area contributed by atoms with Gasteiger partial charge in [0.1, 0.15) is 0 Å². The lowest BCUT2D eigenvalue weighted by atomic mass is 9.95. The molecule has 1 aromatic carbocycles. The maximum Gasteiger partial charge on any atom is 0.254 e. The number of rotatable bonds is 8. The molecule has 2 aromatic heterocycles. The molecule has 194 valence electrons. The number of methoxy groups -OCH3 is 1. The molecule has 0 bridgehead atoms. The van der Waals surface area contributed by atoms with E-state index in [1.807, 2.05) is 45.0 Å². The zero-order valence-corrected chi connectivity index (χ0v) is 22.5. The van der Waals surface area contributed by atoms with Gasteiger partial charge in [-0.1, -0.05) is 18.2 Å². The number of benzene rings is 1. The van der Waals surface area contributed by atoms with Gasteiger partial charge in [0, 0.05) is 54.6 Å². The molecule has 36 heavy (non-hydrogen) atoms. The van der Waals surface area contributed by atoms with Crippen molar-refractivity contribution in [1.29, 1.82) is 0 Å². The molecule has 0 spiro atoms. The van der Waals surface area contributed by atoms with Gasteiger partial charge in [-0.15, -0.1) is 0 Å². The third-order valence-electron chi connectivity index (χ3n) is 7.68. The van der Waals surface area contributed by atoms with E-state index in [0.29, 0.717) is 17.0 Å². The number of aryl methyl sites for hydroxylation is 2. The molecule has 1 fully saturated rings. The van der Waals surface area contributed by atoms with Crippen LogP contribution < -0.4 is 10.9 Å². The number of carbonyl (C=O) groups is 1. The Hall–Kier alpha value is -2.90. The van der Waals surface area contributed by atoms with Crippen molar-refractivity contribution in [2.24, 2.45) is 5.92 Å². The first kappa shape index (κ1) is 26.2. The van der Waals surface area contributed by atoms with Crippen molar-refractivity contribution in [3.8, 4) is 0 Å². The molecule has 2 N–H and O–H groups in total. The highest BCUT2D eigenvalue weighted by molar-refractivity contribution is 6.08. The summed E-state index contributed by atoms with van der Waals surface area (Å²) in [7, 11) is 1.78. The highest BCUT2D eigenvalue weighted by Crippen LogP contribution is 2.29. The molecule has 0 aliphatic carbocycles. The molecule has 0 atom stereocenters. The summed E-state index contributed by atoms with van der Waals surface area (Å²) in [5, 5.41) is 3.97. The van der Waals surface area contributed by atoms with E-state index in [0.717, 1.165) is 66.9 Å². The highest BCUT2D eigenvalue weighted by Gasteiger charge is 2.27. The maximum atomic E-state index is 13.4. The average molecular weight is 493 g/mol. The van der Waals surface area contributed by atoms with Crippen LogP contribution in [0.3, 0.4) is 0 Å². The fraction of sp³-hybridized carbons (Fsp3) is 0.517. The van der Waals surface area contributed by atoms with Crippen molar-refractivity contribution < 1.29 is 9.53 Å².